The third-order valence-corrected chi connectivity index (χ3v) is 4.28. The average Bonchev–Trinajstić information content (AvgIpc) is 3.12. The highest BCUT2D eigenvalue weighted by atomic mass is 16.6. The predicted octanol–water partition coefficient (Wildman–Crippen LogP) is 2.07. The molecule has 1 atom stereocenters. The van der Waals surface area contributed by atoms with Crippen LogP contribution in [-0.2, 0) is 13.0 Å². The van der Waals surface area contributed by atoms with Crippen LogP contribution in [0, 0.1) is 13.8 Å². The van der Waals surface area contributed by atoms with Crippen molar-refractivity contribution in [2.24, 2.45) is 0 Å². The SMILES string of the molecule is Cc1nc(C)c2c(n1)OC(CN(C)Cc1ccc3nonc3c1)C2. The molecule has 0 spiro atoms. The van der Waals surface area contributed by atoms with E-state index in [0.29, 0.717) is 0 Å². The number of hydrogen-bond donors (Lipinski definition) is 0. The Morgan fingerprint density at radius 1 is 1.17 bits per heavy atom. The molecule has 4 rings (SSSR count). The number of aromatic nitrogens is 4. The number of ether oxygens (including phenoxy) is 1. The molecule has 0 aliphatic carbocycles. The minimum atomic E-state index is 0.109. The smallest absolute Gasteiger partial charge is 0.220 e. The number of nitrogens with zero attached hydrogens (tertiary/aromatic N) is 5. The highest BCUT2D eigenvalue weighted by molar-refractivity contribution is 5.73. The second-order valence-corrected chi connectivity index (χ2v) is 6.37. The Balaban J connectivity index is 1.41. The standard InChI is InChI=1S/C17H19N5O2/c1-10-14-7-13(23-17(14)19-11(2)18-10)9-22(3)8-12-4-5-15-16(6-12)21-24-20-15/h4-6,13H,7-9H2,1-3H3. The van der Waals surface area contributed by atoms with E-state index in [1.165, 1.54) is 5.56 Å². The maximum absolute atomic E-state index is 6.00. The van der Waals surface area contributed by atoms with Crippen LogP contribution < -0.4 is 4.74 Å². The van der Waals surface area contributed by atoms with Crippen molar-refractivity contribution in [2.45, 2.75) is 32.9 Å². The van der Waals surface area contributed by atoms with Crippen molar-refractivity contribution in [2.75, 3.05) is 13.6 Å². The van der Waals surface area contributed by atoms with Gasteiger partial charge in [-0.2, -0.15) is 4.98 Å². The number of likely N-dealkylation sites (N-methyl/N-ethyl adjacent to an activating group) is 1. The average molecular weight is 325 g/mol. The van der Waals surface area contributed by atoms with Crippen molar-refractivity contribution in [3.8, 4) is 5.88 Å². The van der Waals surface area contributed by atoms with Crippen LogP contribution in [0.3, 0.4) is 0 Å². The van der Waals surface area contributed by atoms with E-state index in [-0.39, 0.29) is 6.10 Å². The zero-order valence-corrected chi connectivity index (χ0v) is 14.0. The minimum absolute atomic E-state index is 0.109. The van der Waals surface area contributed by atoms with E-state index in [9.17, 15) is 0 Å². The fourth-order valence-corrected chi connectivity index (χ4v) is 3.22. The highest BCUT2D eigenvalue weighted by Crippen LogP contribution is 2.29. The topological polar surface area (TPSA) is 77.2 Å². The quantitative estimate of drug-likeness (QED) is 0.726. The van der Waals surface area contributed by atoms with Crippen LogP contribution in [0.25, 0.3) is 11.0 Å². The molecule has 0 bridgehead atoms. The van der Waals surface area contributed by atoms with Crippen LogP contribution in [0.1, 0.15) is 22.6 Å². The second kappa shape index (κ2) is 5.83. The van der Waals surface area contributed by atoms with E-state index >= 15 is 0 Å². The third-order valence-electron chi connectivity index (χ3n) is 4.28. The molecular formula is C17H19N5O2. The molecule has 2 aromatic heterocycles. The Morgan fingerprint density at radius 3 is 2.88 bits per heavy atom. The Morgan fingerprint density at radius 2 is 2.00 bits per heavy atom. The van der Waals surface area contributed by atoms with Gasteiger partial charge in [-0.05, 0) is 48.9 Å². The van der Waals surface area contributed by atoms with Crippen LogP contribution in [0.4, 0.5) is 0 Å². The lowest BCUT2D eigenvalue weighted by Gasteiger charge is -2.20. The molecule has 7 nitrogen and oxygen atoms in total. The molecule has 0 saturated carbocycles. The molecule has 3 aromatic rings. The lowest BCUT2D eigenvalue weighted by atomic mass is 10.1. The molecule has 0 fully saturated rings. The Bertz CT molecular complexity index is 892. The van der Waals surface area contributed by atoms with Gasteiger partial charge in [-0.15, -0.1) is 0 Å². The van der Waals surface area contributed by atoms with Gasteiger partial charge < -0.3 is 4.74 Å². The number of fused-ring (bicyclic) bond motifs is 2. The Hall–Kier alpha value is -2.54. The molecule has 3 heterocycles. The molecule has 0 saturated heterocycles. The van der Waals surface area contributed by atoms with Gasteiger partial charge in [0.1, 0.15) is 23.0 Å². The van der Waals surface area contributed by atoms with Gasteiger partial charge in [-0.25, -0.2) is 9.61 Å². The maximum atomic E-state index is 6.00. The molecular weight excluding hydrogens is 306 g/mol. The largest absolute Gasteiger partial charge is 0.472 e. The first kappa shape index (κ1) is 15.0. The minimum Gasteiger partial charge on any atom is -0.472 e. The van der Waals surface area contributed by atoms with Crippen LogP contribution >= 0.6 is 0 Å². The number of hydrogen-bond acceptors (Lipinski definition) is 7. The number of aryl methyl sites for hydroxylation is 2. The third kappa shape index (κ3) is 2.82. The molecule has 0 amide bonds. The van der Waals surface area contributed by atoms with Gasteiger partial charge >= 0.3 is 0 Å². The van der Waals surface area contributed by atoms with Crippen LogP contribution in [0.2, 0.25) is 0 Å². The first-order chi connectivity index (χ1) is 11.6. The van der Waals surface area contributed by atoms with E-state index in [0.717, 1.165) is 53.5 Å². The number of benzene rings is 1. The summed E-state index contributed by atoms with van der Waals surface area (Å²) in [4.78, 5) is 11.1. The summed E-state index contributed by atoms with van der Waals surface area (Å²) in [6.07, 6.45) is 0.968. The van der Waals surface area contributed by atoms with Crippen molar-refractivity contribution >= 4 is 11.0 Å². The fourth-order valence-electron chi connectivity index (χ4n) is 3.22. The molecule has 1 aliphatic heterocycles. The maximum Gasteiger partial charge on any atom is 0.220 e. The summed E-state index contributed by atoms with van der Waals surface area (Å²) in [6, 6.07) is 5.98. The van der Waals surface area contributed by atoms with Gasteiger partial charge in [0.05, 0.1) is 0 Å². The van der Waals surface area contributed by atoms with Crippen LogP contribution in [-0.4, -0.2) is 44.9 Å². The number of rotatable bonds is 4. The molecule has 7 heteroatoms. The van der Waals surface area contributed by atoms with Gasteiger partial charge in [0, 0.05) is 30.8 Å². The van der Waals surface area contributed by atoms with Gasteiger partial charge in [-0.3, -0.25) is 4.90 Å². The van der Waals surface area contributed by atoms with Crippen molar-refractivity contribution in [3.63, 3.8) is 0 Å². The first-order valence-electron chi connectivity index (χ1n) is 7.99. The van der Waals surface area contributed by atoms with Crippen molar-refractivity contribution < 1.29 is 9.37 Å². The molecule has 124 valence electrons. The van der Waals surface area contributed by atoms with Gasteiger partial charge in [0.2, 0.25) is 5.88 Å². The summed E-state index contributed by atoms with van der Waals surface area (Å²) in [6.45, 7) is 5.54. The van der Waals surface area contributed by atoms with Gasteiger partial charge in [0.15, 0.2) is 0 Å². The van der Waals surface area contributed by atoms with E-state index in [2.05, 4.69) is 32.2 Å². The first-order valence-corrected chi connectivity index (χ1v) is 7.99. The van der Waals surface area contributed by atoms with Crippen molar-refractivity contribution in [1.82, 2.24) is 25.2 Å². The van der Waals surface area contributed by atoms with Gasteiger partial charge in [-0.1, -0.05) is 6.07 Å². The summed E-state index contributed by atoms with van der Waals surface area (Å²) >= 11 is 0. The predicted molar refractivity (Wildman–Crippen MR) is 87.8 cm³/mol. The molecule has 0 N–H and O–H groups in total. The van der Waals surface area contributed by atoms with Crippen LogP contribution in [0.5, 0.6) is 5.88 Å². The molecule has 1 aromatic carbocycles. The molecule has 0 radical (unpaired) electrons. The normalized spacial score (nSPS) is 16.6. The summed E-state index contributed by atoms with van der Waals surface area (Å²) in [7, 11) is 2.08. The van der Waals surface area contributed by atoms with Crippen molar-refractivity contribution in [3.05, 3.63) is 40.8 Å². The molecule has 24 heavy (non-hydrogen) atoms. The summed E-state index contributed by atoms with van der Waals surface area (Å²) in [5.74, 6) is 1.50. The van der Waals surface area contributed by atoms with E-state index < -0.39 is 0 Å². The highest BCUT2D eigenvalue weighted by Gasteiger charge is 2.27. The fraction of sp³-hybridized carbons (Fsp3) is 0.412. The zero-order valence-electron chi connectivity index (χ0n) is 14.0. The monoisotopic (exact) mass is 325 g/mol. The summed E-state index contributed by atoms with van der Waals surface area (Å²) in [5.41, 5.74) is 4.89. The molecule has 1 aliphatic rings. The van der Waals surface area contributed by atoms with Crippen LogP contribution in [0.15, 0.2) is 22.8 Å². The molecule has 1 unspecified atom stereocenters. The lowest BCUT2D eigenvalue weighted by Crippen LogP contribution is -2.31. The summed E-state index contributed by atoms with van der Waals surface area (Å²) < 4.78 is 10.7. The van der Waals surface area contributed by atoms with E-state index in [1.54, 1.807) is 0 Å². The summed E-state index contributed by atoms with van der Waals surface area (Å²) in [5, 5.41) is 7.72. The lowest BCUT2D eigenvalue weighted by molar-refractivity contribution is 0.160. The van der Waals surface area contributed by atoms with E-state index in [1.807, 2.05) is 32.0 Å². The van der Waals surface area contributed by atoms with E-state index in [4.69, 9.17) is 9.37 Å². The van der Waals surface area contributed by atoms with Crippen molar-refractivity contribution in [1.29, 1.82) is 0 Å². The zero-order chi connectivity index (χ0) is 16.7. The Labute approximate surface area is 139 Å². The second-order valence-electron chi connectivity index (χ2n) is 6.37. The Kier molecular flexibility index (Phi) is 3.65. The van der Waals surface area contributed by atoms with Gasteiger partial charge in [0.25, 0.3) is 0 Å².